The van der Waals surface area contributed by atoms with Crippen molar-refractivity contribution >= 4 is 17.3 Å². The van der Waals surface area contributed by atoms with Gasteiger partial charge in [0.2, 0.25) is 5.91 Å². The first-order valence-corrected chi connectivity index (χ1v) is 5.94. The second-order valence-electron chi connectivity index (χ2n) is 4.08. The number of carbonyl (C=O) groups is 1. The average molecular weight is 269 g/mol. The fraction of sp³-hybridized carbons (Fsp3) is 0.417. The average Bonchev–Trinajstić information content (AvgIpc) is 2.35. The molecule has 0 aliphatic carbocycles. The predicted molar refractivity (Wildman–Crippen MR) is 69.4 cm³/mol. The van der Waals surface area contributed by atoms with Gasteiger partial charge in [0.25, 0.3) is 5.69 Å². The fourth-order valence-electron chi connectivity index (χ4n) is 1.48. The minimum atomic E-state index is -0.688. The van der Waals surface area contributed by atoms with Crippen LogP contribution in [0.4, 0.5) is 15.8 Å². The number of anilines is 1. The molecule has 1 amide bonds. The largest absolute Gasteiger partial charge is 0.368 e. The maximum absolute atomic E-state index is 13.1. The smallest absolute Gasteiger partial charge is 0.292 e. The Morgan fingerprint density at radius 2 is 2.21 bits per heavy atom. The van der Waals surface area contributed by atoms with E-state index in [4.69, 9.17) is 0 Å². The van der Waals surface area contributed by atoms with Crippen molar-refractivity contribution in [3.8, 4) is 0 Å². The van der Waals surface area contributed by atoms with Crippen LogP contribution in [0.5, 0.6) is 0 Å². The van der Waals surface area contributed by atoms with Gasteiger partial charge in [0, 0.05) is 18.7 Å². The summed E-state index contributed by atoms with van der Waals surface area (Å²) in [5.41, 5.74) is -0.277. The highest BCUT2D eigenvalue weighted by atomic mass is 19.1. The molecule has 0 spiro atoms. The zero-order valence-corrected chi connectivity index (χ0v) is 10.8. The van der Waals surface area contributed by atoms with Crippen LogP contribution in [0.3, 0.4) is 0 Å². The molecule has 1 unspecified atom stereocenters. The van der Waals surface area contributed by atoms with Gasteiger partial charge in [-0.2, -0.15) is 0 Å². The van der Waals surface area contributed by atoms with Gasteiger partial charge in [-0.3, -0.25) is 14.9 Å². The number of hydrogen-bond acceptors (Lipinski definition) is 4. The molecule has 2 N–H and O–H groups in total. The van der Waals surface area contributed by atoms with Gasteiger partial charge in [0.05, 0.1) is 4.92 Å². The fourth-order valence-corrected chi connectivity index (χ4v) is 1.48. The quantitative estimate of drug-likeness (QED) is 0.611. The molecule has 0 aliphatic rings. The maximum atomic E-state index is 13.1. The molecule has 0 bridgehead atoms. The highest BCUT2D eigenvalue weighted by molar-refractivity contribution is 5.85. The molecule has 19 heavy (non-hydrogen) atoms. The molecule has 0 heterocycles. The molecule has 1 aromatic rings. The molecule has 0 saturated carbocycles. The third-order valence-corrected chi connectivity index (χ3v) is 2.47. The Balaban J connectivity index is 2.83. The molecule has 104 valence electrons. The Labute approximate surface area is 110 Å². The van der Waals surface area contributed by atoms with Crippen LogP contribution in [0, 0.1) is 15.9 Å². The minimum absolute atomic E-state index is 0.0100. The predicted octanol–water partition coefficient (Wildman–Crippen LogP) is 2.06. The van der Waals surface area contributed by atoms with E-state index in [9.17, 15) is 19.3 Å². The van der Waals surface area contributed by atoms with Crippen LogP contribution in [-0.4, -0.2) is 23.4 Å². The van der Waals surface area contributed by atoms with E-state index in [1.807, 2.05) is 6.92 Å². The van der Waals surface area contributed by atoms with Gasteiger partial charge in [-0.1, -0.05) is 6.92 Å². The third-order valence-electron chi connectivity index (χ3n) is 2.47. The topological polar surface area (TPSA) is 84.3 Å². The first-order chi connectivity index (χ1) is 8.95. The number of carbonyl (C=O) groups excluding carboxylic acids is 1. The highest BCUT2D eigenvalue weighted by Crippen LogP contribution is 2.25. The molecule has 7 heteroatoms. The summed E-state index contributed by atoms with van der Waals surface area (Å²) in [6.45, 7) is 3.99. The van der Waals surface area contributed by atoms with Gasteiger partial charge in [-0.05, 0) is 19.4 Å². The zero-order valence-electron chi connectivity index (χ0n) is 10.8. The van der Waals surface area contributed by atoms with Gasteiger partial charge in [-0.25, -0.2) is 4.39 Å². The monoisotopic (exact) mass is 269 g/mol. The summed E-state index contributed by atoms with van der Waals surface area (Å²) >= 11 is 0. The molecule has 1 atom stereocenters. The van der Waals surface area contributed by atoms with Crippen LogP contribution in [0.15, 0.2) is 18.2 Å². The van der Waals surface area contributed by atoms with E-state index in [2.05, 4.69) is 10.6 Å². The Morgan fingerprint density at radius 3 is 2.79 bits per heavy atom. The van der Waals surface area contributed by atoms with Crippen LogP contribution in [0.1, 0.15) is 20.3 Å². The van der Waals surface area contributed by atoms with Crippen LogP contribution in [-0.2, 0) is 4.79 Å². The molecule has 0 aromatic heterocycles. The van der Waals surface area contributed by atoms with Crippen molar-refractivity contribution in [1.29, 1.82) is 0 Å². The number of rotatable bonds is 6. The van der Waals surface area contributed by atoms with E-state index < -0.39 is 16.8 Å². The normalized spacial score (nSPS) is 11.7. The molecular weight excluding hydrogens is 253 g/mol. The summed E-state index contributed by atoms with van der Waals surface area (Å²) < 4.78 is 13.1. The van der Waals surface area contributed by atoms with E-state index in [1.165, 1.54) is 0 Å². The molecule has 1 aromatic carbocycles. The Bertz CT molecular complexity index is 479. The van der Waals surface area contributed by atoms with E-state index in [0.717, 1.165) is 24.6 Å². The number of hydrogen-bond donors (Lipinski definition) is 2. The third kappa shape index (κ3) is 4.20. The Kier molecular flexibility index (Phi) is 5.23. The number of amides is 1. The van der Waals surface area contributed by atoms with Crippen molar-refractivity contribution in [3.63, 3.8) is 0 Å². The lowest BCUT2D eigenvalue weighted by atomic mass is 10.2. The number of nitrogens with zero attached hydrogens (tertiary/aromatic N) is 1. The van der Waals surface area contributed by atoms with Gasteiger partial charge < -0.3 is 10.6 Å². The number of benzene rings is 1. The summed E-state index contributed by atoms with van der Waals surface area (Å²) in [4.78, 5) is 21.8. The van der Waals surface area contributed by atoms with Gasteiger partial charge >= 0.3 is 0 Å². The maximum Gasteiger partial charge on any atom is 0.292 e. The summed E-state index contributed by atoms with van der Waals surface area (Å²) in [5.74, 6) is -0.894. The molecule has 6 nitrogen and oxygen atoms in total. The van der Waals surface area contributed by atoms with E-state index in [0.29, 0.717) is 6.54 Å². The van der Waals surface area contributed by atoms with Crippen molar-refractivity contribution in [3.05, 3.63) is 34.1 Å². The second-order valence-corrected chi connectivity index (χ2v) is 4.08. The highest BCUT2D eigenvalue weighted by Gasteiger charge is 2.19. The summed E-state index contributed by atoms with van der Waals surface area (Å²) in [6, 6.07) is 2.38. The van der Waals surface area contributed by atoms with Crippen molar-refractivity contribution in [2.75, 3.05) is 11.9 Å². The number of halogens is 1. The number of nitro groups is 1. The van der Waals surface area contributed by atoms with Crippen LogP contribution < -0.4 is 10.6 Å². The minimum Gasteiger partial charge on any atom is -0.368 e. The zero-order chi connectivity index (χ0) is 14.4. The Morgan fingerprint density at radius 1 is 1.53 bits per heavy atom. The lowest BCUT2D eigenvalue weighted by Gasteiger charge is -2.15. The second kappa shape index (κ2) is 6.67. The lowest BCUT2D eigenvalue weighted by Crippen LogP contribution is -2.38. The van der Waals surface area contributed by atoms with Crippen LogP contribution in [0.25, 0.3) is 0 Å². The van der Waals surface area contributed by atoms with Crippen LogP contribution >= 0.6 is 0 Å². The van der Waals surface area contributed by atoms with E-state index in [-0.39, 0.29) is 17.3 Å². The lowest BCUT2D eigenvalue weighted by molar-refractivity contribution is -0.384. The van der Waals surface area contributed by atoms with Gasteiger partial charge in [-0.15, -0.1) is 0 Å². The summed E-state index contributed by atoms with van der Waals surface area (Å²) in [5, 5.41) is 16.1. The van der Waals surface area contributed by atoms with Crippen molar-refractivity contribution in [2.45, 2.75) is 26.3 Å². The van der Waals surface area contributed by atoms with Crippen LogP contribution in [0.2, 0.25) is 0 Å². The van der Waals surface area contributed by atoms with Crippen molar-refractivity contribution in [1.82, 2.24) is 5.32 Å². The SMILES string of the molecule is CCCNC(=O)C(C)Nc1cc(F)ccc1[N+](=O)[O-]. The Hall–Kier alpha value is -2.18. The number of nitrogens with one attached hydrogen (secondary N) is 2. The molecular formula is C12H16FN3O3. The number of nitro benzene ring substituents is 1. The molecule has 0 fully saturated rings. The molecule has 0 aliphatic heterocycles. The van der Waals surface area contributed by atoms with E-state index in [1.54, 1.807) is 6.92 Å². The van der Waals surface area contributed by atoms with E-state index >= 15 is 0 Å². The first-order valence-electron chi connectivity index (χ1n) is 5.94. The van der Waals surface area contributed by atoms with Gasteiger partial charge in [0.1, 0.15) is 17.5 Å². The molecule has 0 radical (unpaired) electrons. The summed E-state index contributed by atoms with van der Waals surface area (Å²) in [7, 11) is 0. The molecule has 0 saturated heterocycles. The van der Waals surface area contributed by atoms with Crippen molar-refractivity contribution < 1.29 is 14.1 Å². The standard InChI is InChI=1S/C12H16FN3O3/c1-3-6-14-12(17)8(2)15-10-7-9(13)4-5-11(10)16(18)19/h4-5,7-8,15H,3,6H2,1-2H3,(H,14,17). The first kappa shape index (κ1) is 14.9. The molecule has 1 rings (SSSR count). The summed E-state index contributed by atoms with van der Waals surface area (Å²) in [6.07, 6.45) is 0.790. The van der Waals surface area contributed by atoms with Crippen molar-refractivity contribution in [2.24, 2.45) is 0 Å². The van der Waals surface area contributed by atoms with Gasteiger partial charge in [0.15, 0.2) is 0 Å².